The molecule has 27 heavy (non-hydrogen) atoms. The predicted octanol–water partition coefficient (Wildman–Crippen LogP) is 3.31. The van der Waals surface area contributed by atoms with Crippen LogP contribution in [0.15, 0.2) is 22.9 Å². The zero-order valence-electron chi connectivity index (χ0n) is 14.9. The van der Waals surface area contributed by atoms with Crippen LogP contribution in [0.4, 0.5) is 9.93 Å². The summed E-state index contributed by atoms with van der Waals surface area (Å²) < 4.78 is 0. The van der Waals surface area contributed by atoms with Crippen LogP contribution in [0, 0.1) is 5.92 Å². The molecule has 2 fully saturated rings. The summed E-state index contributed by atoms with van der Waals surface area (Å²) in [4.78, 5) is 44.1. The number of imide groups is 1. The van der Waals surface area contributed by atoms with Crippen molar-refractivity contribution in [1.82, 2.24) is 15.2 Å². The summed E-state index contributed by atoms with van der Waals surface area (Å²) in [6.07, 6.45) is 3.49. The highest BCUT2D eigenvalue weighted by atomic mass is 32.1. The number of nitrogens with zero attached hydrogens (tertiary/aromatic N) is 2. The number of anilines is 1. The molecule has 2 N–H and O–H groups in total. The minimum absolute atomic E-state index is 0.0723. The van der Waals surface area contributed by atoms with E-state index in [1.807, 2.05) is 29.8 Å². The summed E-state index contributed by atoms with van der Waals surface area (Å²) in [5.74, 6) is -0.637. The van der Waals surface area contributed by atoms with Gasteiger partial charge in [0, 0.05) is 5.38 Å². The molecule has 3 heterocycles. The highest BCUT2D eigenvalue weighted by molar-refractivity contribution is 7.16. The average Bonchev–Trinajstić information content (AvgIpc) is 3.36. The van der Waals surface area contributed by atoms with E-state index in [-0.39, 0.29) is 18.4 Å². The van der Waals surface area contributed by atoms with Crippen LogP contribution in [0.5, 0.6) is 0 Å². The Bertz CT molecular complexity index is 879. The van der Waals surface area contributed by atoms with E-state index in [1.54, 1.807) is 11.3 Å². The maximum Gasteiger partial charge on any atom is 0.325 e. The molecule has 2 aliphatic rings. The number of thiazole rings is 1. The third kappa shape index (κ3) is 3.25. The summed E-state index contributed by atoms with van der Waals surface area (Å²) in [5, 5.41) is 9.84. The van der Waals surface area contributed by atoms with Crippen molar-refractivity contribution >= 4 is 45.7 Å². The number of thiophene rings is 1. The van der Waals surface area contributed by atoms with E-state index >= 15 is 0 Å². The van der Waals surface area contributed by atoms with Crippen LogP contribution in [0.1, 0.15) is 32.6 Å². The molecule has 4 rings (SSSR count). The highest BCUT2D eigenvalue weighted by Gasteiger charge is 2.55. The van der Waals surface area contributed by atoms with Crippen LogP contribution < -0.4 is 10.6 Å². The van der Waals surface area contributed by atoms with Gasteiger partial charge in [0.05, 0.1) is 10.6 Å². The lowest BCUT2D eigenvalue weighted by atomic mass is 9.73. The molecule has 2 unspecified atom stereocenters. The smallest absolute Gasteiger partial charge is 0.323 e. The van der Waals surface area contributed by atoms with E-state index in [9.17, 15) is 14.4 Å². The fourth-order valence-corrected chi connectivity index (χ4v) is 5.30. The Morgan fingerprint density at radius 3 is 3.00 bits per heavy atom. The van der Waals surface area contributed by atoms with Crippen molar-refractivity contribution in [2.45, 2.75) is 38.1 Å². The lowest BCUT2D eigenvalue weighted by Crippen LogP contribution is -2.54. The van der Waals surface area contributed by atoms with Gasteiger partial charge in [-0.2, -0.15) is 0 Å². The molecular weight excluding hydrogens is 384 g/mol. The van der Waals surface area contributed by atoms with Crippen LogP contribution in [0.3, 0.4) is 0 Å². The quantitative estimate of drug-likeness (QED) is 0.765. The molecule has 0 aromatic carbocycles. The van der Waals surface area contributed by atoms with Gasteiger partial charge in [-0.15, -0.1) is 22.7 Å². The van der Waals surface area contributed by atoms with Gasteiger partial charge < -0.3 is 10.6 Å². The van der Waals surface area contributed by atoms with E-state index in [4.69, 9.17) is 0 Å². The van der Waals surface area contributed by atoms with Gasteiger partial charge in [0.2, 0.25) is 5.91 Å². The van der Waals surface area contributed by atoms with Crippen molar-refractivity contribution in [2.24, 2.45) is 5.92 Å². The van der Waals surface area contributed by atoms with E-state index < -0.39 is 17.5 Å². The number of hydrogen-bond acceptors (Lipinski definition) is 6. The molecule has 1 spiro atoms. The fraction of sp³-hybridized carbons (Fsp3) is 0.444. The molecule has 9 heteroatoms. The number of amides is 4. The molecular formula is C18H20N4O3S2. The number of nitrogens with one attached hydrogen (secondary N) is 2. The SMILES string of the molecule is CC1CCCCC12NC(=O)N(CC(=O)Nc1nc(-c3cccs3)cs1)C2=O. The first-order valence-corrected chi connectivity index (χ1v) is 10.7. The Balaban J connectivity index is 1.42. The number of carbonyl (C=O) groups excluding carboxylic acids is 3. The summed E-state index contributed by atoms with van der Waals surface area (Å²) in [6.45, 7) is 1.69. The highest BCUT2D eigenvalue weighted by Crippen LogP contribution is 2.38. The Hall–Kier alpha value is -2.26. The van der Waals surface area contributed by atoms with Crippen LogP contribution in [0.25, 0.3) is 10.6 Å². The Morgan fingerprint density at radius 1 is 1.41 bits per heavy atom. The number of carbonyl (C=O) groups is 3. The van der Waals surface area contributed by atoms with Crippen LogP contribution in [-0.2, 0) is 9.59 Å². The summed E-state index contributed by atoms with van der Waals surface area (Å²) >= 11 is 2.89. The Labute approximate surface area is 164 Å². The molecule has 2 aromatic rings. The van der Waals surface area contributed by atoms with Gasteiger partial charge in [-0.3, -0.25) is 14.5 Å². The van der Waals surface area contributed by atoms with Gasteiger partial charge in [0.15, 0.2) is 5.13 Å². The van der Waals surface area contributed by atoms with Crippen LogP contribution >= 0.6 is 22.7 Å². The second kappa shape index (κ2) is 7.05. The molecule has 142 valence electrons. The fourth-order valence-electron chi connectivity index (χ4n) is 3.81. The lowest BCUT2D eigenvalue weighted by Gasteiger charge is -2.36. The van der Waals surface area contributed by atoms with E-state index in [1.165, 1.54) is 11.3 Å². The maximum absolute atomic E-state index is 12.9. The number of hydrogen-bond donors (Lipinski definition) is 2. The minimum Gasteiger partial charge on any atom is -0.323 e. The van der Waals surface area contributed by atoms with Crippen molar-refractivity contribution in [1.29, 1.82) is 0 Å². The molecule has 1 saturated carbocycles. The standard InChI is InChI=1S/C18H20N4O3S2/c1-11-5-2-3-7-18(11)15(24)22(17(25)21-18)9-14(23)20-16-19-12(10-27-16)13-6-4-8-26-13/h4,6,8,10-11H,2-3,5,7,9H2,1H3,(H,21,25)(H,19,20,23). The van der Waals surface area contributed by atoms with Crippen LogP contribution in [0.2, 0.25) is 0 Å². The first-order chi connectivity index (χ1) is 13.0. The van der Waals surface area contributed by atoms with Crippen LogP contribution in [-0.4, -0.2) is 39.8 Å². The Kier molecular flexibility index (Phi) is 4.73. The normalized spacial score (nSPS) is 25.1. The topological polar surface area (TPSA) is 91.4 Å². The van der Waals surface area contributed by atoms with Crippen molar-refractivity contribution in [3.8, 4) is 10.6 Å². The molecule has 7 nitrogen and oxygen atoms in total. The van der Waals surface area contributed by atoms with Crippen molar-refractivity contribution in [3.05, 3.63) is 22.9 Å². The molecule has 1 aliphatic carbocycles. The molecule has 2 aromatic heterocycles. The largest absolute Gasteiger partial charge is 0.325 e. The van der Waals surface area contributed by atoms with E-state index in [2.05, 4.69) is 15.6 Å². The second-order valence-corrected chi connectivity index (χ2v) is 8.81. The summed E-state index contributed by atoms with van der Waals surface area (Å²) in [5.41, 5.74) is -0.0429. The second-order valence-electron chi connectivity index (χ2n) is 7.00. The van der Waals surface area contributed by atoms with Gasteiger partial charge in [-0.25, -0.2) is 9.78 Å². The zero-order valence-corrected chi connectivity index (χ0v) is 16.5. The van der Waals surface area contributed by atoms with Gasteiger partial charge in [-0.05, 0) is 30.2 Å². The zero-order chi connectivity index (χ0) is 19.0. The predicted molar refractivity (Wildman–Crippen MR) is 105 cm³/mol. The molecule has 1 saturated heterocycles. The molecule has 1 aliphatic heterocycles. The lowest BCUT2D eigenvalue weighted by molar-refractivity contribution is -0.136. The number of aromatic nitrogens is 1. The number of rotatable bonds is 4. The molecule has 4 amide bonds. The third-order valence-electron chi connectivity index (χ3n) is 5.33. The summed E-state index contributed by atoms with van der Waals surface area (Å²) in [7, 11) is 0. The first kappa shape index (κ1) is 18.1. The maximum atomic E-state index is 12.9. The molecule has 0 radical (unpaired) electrons. The van der Waals surface area contributed by atoms with E-state index in [0.717, 1.165) is 34.7 Å². The monoisotopic (exact) mass is 404 g/mol. The van der Waals surface area contributed by atoms with E-state index in [0.29, 0.717) is 11.6 Å². The first-order valence-electron chi connectivity index (χ1n) is 8.93. The minimum atomic E-state index is -0.844. The van der Waals surface area contributed by atoms with Gasteiger partial charge in [0.25, 0.3) is 5.91 Å². The Morgan fingerprint density at radius 2 is 2.26 bits per heavy atom. The van der Waals surface area contributed by atoms with Gasteiger partial charge >= 0.3 is 6.03 Å². The van der Waals surface area contributed by atoms with Gasteiger partial charge in [0.1, 0.15) is 12.1 Å². The van der Waals surface area contributed by atoms with Crippen molar-refractivity contribution in [3.63, 3.8) is 0 Å². The average molecular weight is 405 g/mol. The van der Waals surface area contributed by atoms with Crippen molar-refractivity contribution < 1.29 is 14.4 Å². The molecule has 0 bridgehead atoms. The third-order valence-corrected chi connectivity index (χ3v) is 6.98. The van der Waals surface area contributed by atoms with Crippen molar-refractivity contribution in [2.75, 3.05) is 11.9 Å². The number of urea groups is 1. The molecule has 2 atom stereocenters. The summed E-state index contributed by atoms with van der Waals surface area (Å²) in [6, 6.07) is 3.42. The van der Waals surface area contributed by atoms with Gasteiger partial charge in [-0.1, -0.05) is 25.8 Å².